The van der Waals surface area contributed by atoms with Crippen molar-refractivity contribution in [3.05, 3.63) is 36.0 Å². The van der Waals surface area contributed by atoms with Crippen LogP contribution >= 0.6 is 0 Å². The lowest BCUT2D eigenvalue weighted by molar-refractivity contribution is -0.124. The van der Waals surface area contributed by atoms with E-state index in [9.17, 15) is 13.6 Å². The van der Waals surface area contributed by atoms with E-state index in [0.29, 0.717) is 10.9 Å². The summed E-state index contributed by atoms with van der Waals surface area (Å²) in [4.78, 5) is 11.9. The van der Waals surface area contributed by atoms with E-state index >= 15 is 0 Å². The van der Waals surface area contributed by atoms with Crippen molar-refractivity contribution in [2.24, 2.45) is 5.92 Å². The van der Waals surface area contributed by atoms with Gasteiger partial charge >= 0.3 is 0 Å². The second kappa shape index (κ2) is 4.52. The van der Waals surface area contributed by atoms with Gasteiger partial charge in [0.2, 0.25) is 0 Å². The first-order valence-corrected chi connectivity index (χ1v) is 5.91. The lowest BCUT2D eigenvalue weighted by Gasteiger charge is -2.16. The molecule has 0 radical (unpaired) electrons. The number of carbonyl (C=O) groups excluding carboxylic acids is 1. The molecule has 96 valence electrons. The molecule has 2 rings (SSSR count). The molecule has 4 heteroatoms. The summed E-state index contributed by atoms with van der Waals surface area (Å²) in [7, 11) is 0. The molecule has 0 fully saturated rings. The van der Waals surface area contributed by atoms with Crippen LogP contribution in [-0.4, -0.2) is 10.4 Å². The summed E-state index contributed by atoms with van der Waals surface area (Å²) in [5.74, 6) is -1.31. The molecular formula is C14H15F2NO. The van der Waals surface area contributed by atoms with Crippen molar-refractivity contribution >= 4 is 16.7 Å². The van der Waals surface area contributed by atoms with Gasteiger partial charge in [-0.15, -0.1) is 0 Å². The van der Waals surface area contributed by atoms with Gasteiger partial charge in [-0.1, -0.05) is 13.8 Å². The fourth-order valence-corrected chi connectivity index (χ4v) is 2.14. The number of hydrogen-bond donors (Lipinski definition) is 0. The van der Waals surface area contributed by atoms with Crippen LogP contribution in [0.15, 0.2) is 24.4 Å². The number of benzene rings is 1. The van der Waals surface area contributed by atoms with E-state index in [0.717, 1.165) is 6.07 Å². The van der Waals surface area contributed by atoms with Crippen LogP contribution in [0.4, 0.5) is 8.78 Å². The Morgan fingerprint density at radius 1 is 1.22 bits per heavy atom. The third kappa shape index (κ3) is 2.03. The Labute approximate surface area is 104 Å². The van der Waals surface area contributed by atoms with E-state index in [1.54, 1.807) is 23.8 Å². The van der Waals surface area contributed by atoms with E-state index in [4.69, 9.17) is 0 Å². The summed E-state index contributed by atoms with van der Waals surface area (Å²) >= 11 is 0. The highest BCUT2D eigenvalue weighted by Gasteiger charge is 2.20. The zero-order valence-electron chi connectivity index (χ0n) is 10.6. The molecule has 2 nitrogen and oxygen atoms in total. The number of ketones is 1. The number of aromatic nitrogens is 1. The van der Waals surface area contributed by atoms with E-state index in [-0.39, 0.29) is 11.7 Å². The van der Waals surface area contributed by atoms with Crippen molar-refractivity contribution in [3.63, 3.8) is 0 Å². The van der Waals surface area contributed by atoms with Gasteiger partial charge in [0, 0.05) is 23.6 Å². The predicted octanol–water partition coefficient (Wildman–Crippen LogP) is 3.71. The summed E-state index contributed by atoms with van der Waals surface area (Å²) in [5, 5.41) is 0.333. The summed E-state index contributed by atoms with van der Waals surface area (Å²) in [6, 6.07) is 3.24. The zero-order chi connectivity index (χ0) is 13.4. The molecule has 1 aromatic heterocycles. The molecule has 0 aliphatic carbocycles. The quantitative estimate of drug-likeness (QED) is 0.815. The van der Waals surface area contributed by atoms with Crippen molar-refractivity contribution in [2.75, 3.05) is 0 Å². The topological polar surface area (TPSA) is 22.0 Å². The third-order valence-electron chi connectivity index (χ3n) is 3.15. The van der Waals surface area contributed by atoms with Gasteiger partial charge in [-0.2, -0.15) is 0 Å². The number of hydrogen-bond acceptors (Lipinski definition) is 1. The Bertz CT molecular complexity index is 601. The molecule has 1 atom stereocenters. The lowest BCUT2D eigenvalue weighted by atomic mass is 10.0. The SMILES string of the molecule is CC(C)C(=O)C(C)n1ccc2c(F)cc(F)cc21. The Morgan fingerprint density at radius 3 is 2.50 bits per heavy atom. The highest BCUT2D eigenvalue weighted by Crippen LogP contribution is 2.25. The number of nitrogens with zero attached hydrogens (tertiary/aromatic N) is 1. The van der Waals surface area contributed by atoms with Crippen molar-refractivity contribution in [1.82, 2.24) is 4.57 Å². The van der Waals surface area contributed by atoms with Crippen molar-refractivity contribution in [2.45, 2.75) is 26.8 Å². The molecule has 0 amide bonds. The first-order valence-electron chi connectivity index (χ1n) is 5.91. The maximum absolute atomic E-state index is 13.5. The average molecular weight is 251 g/mol. The highest BCUT2D eigenvalue weighted by atomic mass is 19.1. The third-order valence-corrected chi connectivity index (χ3v) is 3.15. The molecule has 0 bridgehead atoms. The van der Waals surface area contributed by atoms with Crippen molar-refractivity contribution < 1.29 is 13.6 Å². The lowest BCUT2D eigenvalue weighted by Crippen LogP contribution is -2.20. The standard InChI is InChI=1S/C14H15F2NO/c1-8(2)14(18)9(3)17-5-4-11-12(16)6-10(15)7-13(11)17/h4-9H,1-3H3. The molecule has 0 aliphatic rings. The van der Waals surface area contributed by atoms with Crippen LogP contribution in [0.2, 0.25) is 0 Å². The minimum absolute atomic E-state index is 0.0390. The van der Waals surface area contributed by atoms with Crippen LogP contribution in [0.5, 0.6) is 0 Å². The summed E-state index contributed by atoms with van der Waals surface area (Å²) < 4.78 is 28.4. The molecule has 1 unspecified atom stereocenters. The first kappa shape index (κ1) is 12.7. The zero-order valence-corrected chi connectivity index (χ0v) is 10.6. The van der Waals surface area contributed by atoms with Gasteiger partial charge in [0.15, 0.2) is 5.78 Å². The van der Waals surface area contributed by atoms with Crippen LogP contribution < -0.4 is 0 Å². The molecule has 0 N–H and O–H groups in total. The highest BCUT2D eigenvalue weighted by molar-refractivity contribution is 5.88. The molecule has 18 heavy (non-hydrogen) atoms. The largest absolute Gasteiger partial charge is 0.337 e. The average Bonchev–Trinajstić information content (AvgIpc) is 2.70. The van der Waals surface area contributed by atoms with Gasteiger partial charge in [-0.3, -0.25) is 4.79 Å². The van der Waals surface area contributed by atoms with Gasteiger partial charge in [0.1, 0.15) is 11.6 Å². The number of rotatable bonds is 3. The maximum atomic E-state index is 13.5. The first-order chi connectivity index (χ1) is 8.41. The van der Waals surface area contributed by atoms with Crippen LogP contribution in [0.3, 0.4) is 0 Å². The van der Waals surface area contributed by atoms with Crippen LogP contribution in [0.25, 0.3) is 10.9 Å². The van der Waals surface area contributed by atoms with E-state index in [1.807, 2.05) is 13.8 Å². The monoisotopic (exact) mass is 251 g/mol. The molecule has 0 aliphatic heterocycles. The minimum Gasteiger partial charge on any atom is -0.337 e. The Hall–Kier alpha value is -1.71. The van der Waals surface area contributed by atoms with Crippen molar-refractivity contribution in [3.8, 4) is 0 Å². The van der Waals surface area contributed by atoms with Crippen LogP contribution in [-0.2, 0) is 4.79 Å². The van der Waals surface area contributed by atoms with Gasteiger partial charge < -0.3 is 4.57 Å². The number of carbonyl (C=O) groups is 1. The Kier molecular flexibility index (Phi) is 3.20. The Morgan fingerprint density at radius 2 is 1.89 bits per heavy atom. The number of halogens is 2. The van der Waals surface area contributed by atoms with E-state index in [1.165, 1.54) is 6.07 Å². The second-order valence-corrected chi connectivity index (χ2v) is 4.78. The predicted molar refractivity (Wildman–Crippen MR) is 66.4 cm³/mol. The molecule has 0 saturated carbocycles. The molecule has 2 aromatic rings. The Balaban J connectivity index is 2.56. The van der Waals surface area contributed by atoms with E-state index < -0.39 is 17.7 Å². The molecular weight excluding hydrogens is 236 g/mol. The summed E-state index contributed by atoms with van der Waals surface area (Å²) in [6.45, 7) is 5.36. The number of fused-ring (bicyclic) bond motifs is 1. The molecule has 0 spiro atoms. The smallest absolute Gasteiger partial charge is 0.157 e. The molecule has 1 heterocycles. The van der Waals surface area contributed by atoms with Crippen LogP contribution in [0, 0.1) is 17.6 Å². The molecule has 0 saturated heterocycles. The molecule has 1 aromatic carbocycles. The second-order valence-electron chi connectivity index (χ2n) is 4.78. The van der Waals surface area contributed by atoms with Gasteiger partial charge in [0.05, 0.1) is 11.6 Å². The van der Waals surface area contributed by atoms with Gasteiger partial charge in [-0.25, -0.2) is 8.78 Å². The maximum Gasteiger partial charge on any atom is 0.157 e. The summed E-state index contributed by atoms with van der Waals surface area (Å²) in [6.07, 6.45) is 1.62. The summed E-state index contributed by atoms with van der Waals surface area (Å²) in [5.41, 5.74) is 0.411. The van der Waals surface area contributed by atoms with Crippen molar-refractivity contribution in [1.29, 1.82) is 0 Å². The normalized spacial score (nSPS) is 13.2. The van der Waals surface area contributed by atoms with Gasteiger partial charge in [-0.05, 0) is 19.1 Å². The van der Waals surface area contributed by atoms with E-state index in [2.05, 4.69) is 0 Å². The van der Waals surface area contributed by atoms with Gasteiger partial charge in [0.25, 0.3) is 0 Å². The fraction of sp³-hybridized carbons (Fsp3) is 0.357. The fourth-order valence-electron chi connectivity index (χ4n) is 2.14. The minimum atomic E-state index is -0.635. The number of Topliss-reactive ketones (excluding diaryl/α,β-unsaturated/α-hetero) is 1. The van der Waals surface area contributed by atoms with Crippen LogP contribution in [0.1, 0.15) is 26.8 Å².